The van der Waals surface area contributed by atoms with Gasteiger partial charge in [-0.2, -0.15) is 0 Å². The number of aromatic nitrogens is 4. The topological polar surface area (TPSA) is 88.0 Å². The van der Waals surface area contributed by atoms with Crippen LogP contribution < -0.4 is 10.6 Å². The fourth-order valence-electron chi connectivity index (χ4n) is 4.69. The van der Waals surface area contributed by atoms with Gasteiger partial charge in [0.25, 0.3) is 5.91 Å². The summed E-state index contributed by atoms with van der Waals surface area (Å²) in [5, 5.41) is 6.52. The van der Waals surface area contributed by atoms with E-state index in [2.05, 4.69) is 25.6 Å². The summed E-state index contributed by atoms with van der Waals surface area (Å²) >= 11 is 0. The molecule has 0 radical (unpaired) electrons. The predicted octanol–water partition coefficient (Wildman–Crippen LogP) is 3.30. The first-order chi connectivity index (χ1) is 15.4. The SMILES string of the molecule is Cc1ncc(-c2nc(Nc3ccc(C(=O)N4C[C@@H]5C[C@H]4CN5)cc3)ncc2F)n1C(C)C. The molecular formula is C23H26FN7O. The Bertz CT molecular complexity index is 1160. The maximum atomic E-state index is 14.6. The Morgan fingerprint density at radius 3 is 2.66 bits per heavy atom. The van der Waals surface area contributed by atoms with Gasteiger partial charge in [-0.05, 0) is 51.5 Å². The summed E-state index contributed by atoms with van der Waals surface area (Å²) < 4.78 is 16.5. The summed E-state index contributed by atoms with van der Waals surface area (Å²) in [6, 6.07) is 8.05. The quantitative estimate of drug-likeness (QED) is 0.639. The highest BCUT2D eigenvalue weighted by molar-refractivity contribution is 5.95. The van der Waals surface area contributed by atoms with Gasteiger partial charge in [0.1, 0.15) is 11.5 Å². The molecule has 1 amide bonds. The van der Waals surface area contributed by atoms with E-state index in [1.807, 2.05) is 42.4 Å². The molecule has 2 fully saturated rings. The number of amides is 1. The highest BCUT2D eigenvalue weighted by Crippen LogP contribution is 2.28. The third-order valence-corrected chi connectivity index (χ3v) is 6.19. The van der Waals surface area contributed by atoms with Crippen molar-refractivity contribution in [1.82, 2.24) is 29.7 Å². The molecule has 5 rings (SSSR count). The van der Waals surface area contributed by atoms with Gasteiger partial charge >= 0.3 is 0 Å². The summed E-state index contributed by atoms with van der Waals surface area (Å²) in [5.41, 5.74) is 2.18. The first-order valence-electron chi connectivity index (χ1n) is 10.9. The maximum Gasteiger partial charge on any atom is 0.254 e. The number of rotatable bonds is 5. The molecule has 2 saturated heterocycles. The Morgan fingerprint density at radius 2 is 2.00 bits per heavy atom. The van der Waals surface area contributed by atoms with Gasteiger partial charge in [0.15, 0.2) is 5.82 Å². The van der Waals surface area contributed by atoms with Crippen LogP contribution in [0.1, 0.15) is 42.5 Å². The lowest BCUT2D eigenvalue weighted by Crippen LogP contribution is -2.46. The number of halogens is 1. The fourth-order valence-corrected chi connectivity index (χ4v) is 4.69. The number of benzene rings is 1. The standard InChI is InChI=1S/C23H26FN7O/c1-13(2)31-14(3)25-11-20(31)21-19(24)10-27-23(29-21)28-16-6-4-15(5-7-16)22(32)30-12-17-8-18(30)9-26-17/h4-7,10-11,13,17-18,26H,8-9,12H2,1-3H3,(H,27,28,29)/t17-,18-/m0/s1. The van der Waals surface area contributed by atoms with E-state index in [1.165, 1.54) is 0 Å². The third kappa shape index (κ3) is 3.62. The summed E-state index contributed by atoms with van der Waals surface area (Å²) in [6.07, 6.45) is 3.82. The van der Waals surface area contributed by atoms with Crippen molar-refractivity contribution >= 4 is 17.5 Å². The number of carbonyl (C=O) groups is 1. The Hall–Kier alpha value is -3.33. The number of nitrogens with zero attached hydrogens (tertiary/aromatic N) is 5. The number of nitrogens with one attached hydrogen (secondary N) is 2. The van der Waals surface area contributed by atoms with Crippen molar-refractivity contribution < 1.29 is 9.18 Å². The Labute approximate surface area is 185 Å². The number of aryl methyl sites for hydroxylation is 1. The lowest BCUT2D eigenvalue weighted by Gasteiger charge is -2.27. The van der Waals surface area contributed by atoms with Crippen molar-refractivity contribution in [3.8, 4) is 11.4 Å². The van der Waals surface area contributed by atoms with E-state index in [4.69, 9.17) is 0 Å². The molecule has 8 nitrogen and oxygen atoms in total. The molecule has 1 aromatic carbocycles. The monoisotopic (exact) mass is 435 g/mol. The van der Waals surface area contributed by atoms with Crippen LogP contribution in [-0.4, -0.2) is 55.5 Å². The Balaban J connectivity index is 1.35. The second-order valence-corrected chi connectivity index (χ2v) is 8.70. The van der Waals surface area contributed by atoms with Crippen LogP contribution >= 0.6 is 0 Å². The zero-order valence-corrected chi connectivity index (χ0v) is 18.3. The number of fused-ring (bicyclic) bond motifs is 2. The molecule has 9 heteroatoms. The highest BCUT2D eigenvalue weighted by Gasteiger charge is 2.40. The Kier molecular flexibility index (Phi) is 5.13. The van der Waals surface area contributed by atoms with Crippen LogP contribution in [0.5, 0.6) is 0 Å². The van der Waals surface area contributed by atoms with E-state index >= 15 is 0 Å². The molecule has 3 aromatic rings. The van der Waals surface area contributed by atoms with Gasteiger partial charge in [-0.15, -0.1) is 0 Å². The number of anilines is 2. The first-order valence-corrected chi connectivity index (χ1v) is 10.9. The van der Waals surface area contributed by atoms with Gasteiger partial charge in [-0.1, -0.05) is 0 Å². The second-order valence-electron chi connectivity index (χ2n) is 8.70. The molecule has 2 aromatic heterocycles. The van der Waals surface area contributed by atoms with E-state index in [1.54, 1.807) is 18.3 Å². The van der Waals surface area contributed by atoms with E-state index in [-0.39, 0.29) is 23.6 Å². The van der Waals surface area contributed by atoms with Gasteiger partial charge < -0.3 is 20.1 Å². The molecule has 0 aliphatic carbocycles. The number of hydrogen-bond donors (Lipinski definition) is 2. The second kappa shape index (κ2) is 7.98. The van der Waals surface area contributed by atoms with Crippen LogP contribution in [0.15, 0.2) is 36.7 Å². The molecule has 0 spiro atoms. The number of carbonyl (C=O) groups excluding carboxylic acids is 1. The lowest BCUT2D eigenvalue weighted by atomic mass is 10.1. The first kappa shape index (κ1) is 20.6. The zero-order valence-electron chi connectivity index (χ0n) is 18.3. The molecule has 2 N–H and O–H groups in total. The normalized spacial score (nSPS) is 19.7. The molecule has 4 heterocycles. The summed E-state index contributed by atoms with van der Waals surface area (Å²) in [5.74, 6) is 0.623. The molecular weight excluding hydrogens is 409 g/mol. The van der Waals surface area contributed by atoms with Gasteiger partial charge in [0.2, 0.25) is 5.95 Å². The molecule has 0 saturated carbocycles. The summed E-state index contributed by atoms with van der Waals surface area (Å²) in [7, 11) is 0. The highest BCUT2D eigenvalue weighted by atomic mass is 19.1. The van der Waals surface area contributed by atoms with Crippen LogP contribution in [0.2, 0.25) is 0 Å². The maximum absolute atomic E-state index is 14.6. The fraction of sp³-hybridized carbons (Fsp3) is 0.391. The molecule has 166 valence electrons. The van der Waals surface area contributed by atoms with Crippen LogP contribution in [0.3, 0.4) is 0 Å². The van der Waals surface area contributed by atoms with Crippen molar-refractivity contribution in [2.45, 2.75) is 45.3 Å². The number of piperazine rings is 1. The van der Waals surface area contributed by atoms with Crippen molar-refractivity contribution in [3.63, 3.8) is 0 Å². The van der Waals surface area contributed by atoms with E-state index < -0.39 is 5.82 Å². The van der Waals surface area contributed by atoms with Crippen molar-refractivity contribution in [2.75, 3.05) is 18.4 Å². The molecule has 2 bridgehead atoms. The third-order valence-electron chi connectivity index (χ3n) is 6.19. The van der Waals surface area contributed by atoms with Crippen LogP contribution in [0.4, 0.5) is 16.0 Å². The van der Waals surface area contributed by atoms with Crippen LogP contribution in [0.25, 0.3) is 11.4 Å². The van der Waals surface area contributed by atoms with E-state index in [0.29, 0.717) is 23.3 Å². The van der Waals surface area contributed by atoms with E-state index in [0.717, 1.165) is 37.2 Å². The molecule has 0 unspecified atom stereocenters. The molecule has 2 aliphatic heterocycles. The van der Waals surface area contributed by atoms with Crippen molar-refractivity contribution in [2.24, 2.45) is 0 Å². The number of hydrogen-bond acceptors (Lipinski definition) is 6. The average Bonchev–Trinajstić information content (AvgIpc) is 3.51. The van der Waals surface area contributed by atoms with Gasteiger partial charge in [0, 0.05) is 42.5 Å². The minimum atomic E-state index is -0.507. The van der Waals surface area contributed by atoms with Gasteiger partial charge in [-0.25, -0.2) is 19.3 Å². The number of likely N-dealkylation sites (tertiary alicyclic amines) is 1. The minimum absolute atomic E-state index is 0.0585. The van der Waals surface area contributed by atoms with E-state index in [9.17, 15) is 9.18 Å². The van der Waals surface area contributed by atoms with Gasteiger partial charge in [-0.3, -0.25) is 4.79 Å². The van der Waals surface area contributed by atoms with Crippen LogP contribution in [-0.2, 0) is 0 Å². The smallest absolute Gasteiger partial charge is 0.254 e. The van der Waals surface area contributed by atoms with Gasteiger partial charge in [0.05, 0.1) is 18.1 Å². The minimum Gasteiger partial charge on any atom is -0.333 e. The summed E-state index contributed by atoms with van der Waals surface area (Å²) in [6.45, 7) is 7.55. The van der Waals surface area contributed by atoms with Crippen LogP contribution in [0, 0.1) is 12.7 Å². The van der Waals surface area contributed by atoms with Crippen molar-refractivity contribution in [1.29, 1.82) is 0 Å². The average molecular weight is 436 g/mol. The number of imidazole rings is 1. The Morgan fingerprint density at radius 1 is 1.22 bits per heavy atom. The molecule has 32 heavy (non-hydrogen) atoms. The predicted molar refractivity (Wildman–Crippen MR) is 119 cm³/mol. The molecule has 2 aliphatic rings. The lowest BCUT2D eigenvalue weighted by molar-refractivity contribution is 0.0716. The largest absolute Gasteiger partial charge is 0.333 e. The molecule has 2 atom stereocenters. The van der Waals surface area contributed by atoms with Crippen molar-refractivity contribution in [3.05, 3.63) is 53.9 Å². The summed E-state index contributed by atoms with van der Waals surface area (Å²) in [4.78, 5) is 27.6. The zero-order chi connectivity index (χ0) is 22.4.